The van der Waals surface area contributed by atoms with Crippen molar-refractivity contribution in [2.24, 2.45) is 0 Å². The second-order valence-corrected chi connectivity index (χ2v) is 1.95. The van der Waals surface area contributed by atoms with E-state index in [1.807, 2.05) is 0 Å². The van der Waals surface area contributed by atoms with Gasteiger partial charge in [0, 0.05) is 0 Å². The van der Waals surface area contributed by atoms with E-state index in [9.17, 15) is 4.79 Å². The van der Waals surface area contributed by atoms with Crippen LogP contribution >= 0.6 is 0 Å². The molecule has 0 amide bonds. The third-order valence-electron chi connectivity index (χ3n) is 1.22. The molecule has 0 fully saturated rings. The van der Waals surface area contributed by atoms with Crippen molar-refractivity contribution in [1.82, 2.24) is 5.48 Å². The Morgan fingerprint density at radius 1 is 1.50 bits per heavy atom. The minimum absolute atomic E-state index is 0.0266. The molecule has 3 N–H and O–H groups in total. The molecule has 0 heterocycles. The lowest BCUT2D eigenvalue weighted by molar-refractivity contribution is -0.114. The van der Waals surface area contributed by atoms with Gasteiger partial charge in [0.05, 0.1) is 12.1 Å². The van der Waals surface area contributed by atoms with Crippen LogP contribution in [-0.2, 0) is 4.79 Å². The molecule has 0 radical (unpaired) electrons. The molecular formula is C6H7NO3. The largest absolute Gasteiger partial charge is 0.506 e. The van der Waals surface area contributed by atoms with Crippen LogP contribution in [0.2, 0.25) is 0 Å². The summed E-state index contributed by atoms with van der Waals surface area (Å²) in [5, 5.41) is 17.2. The molecule has 1 aliphatic carbocycles. The maximum Gasteiger partial charge on any atom is 0.161 e. The predicted octanol–water partition coefficient (Wildman–Crippen LogP) is 0.264. The molecule has 0 saturated carbocycles. The van der Waals surface area contributed by atoms with Gasteiger partial charge in [-0.25, -0.2) is 0 Å². The third kappa shape index (κ3) is 1.16. The minimum Gasteiger partial charge on any atom is -0.506 e. The molecule has 0 atom stereocenters. The second-order valence-electron chi connectivity index (χ2n) is 1.95. The van der Waals surface area contributed by atoms with Gasteiger partial charge in [-0.3, -0.25) is 15.5 Å². The van der Waals surface area contributed by atoms with E-state index in [1.54, 1.807) is 5.48 Å². The van der Waals surface area contributed by atoms with Crippen LogP contribution < -0.4 is 5.48 Å². The number of ketones is 1. The molecule has 0 aromatic carbocycles. The minimum atomic E-state index is -0.144. The highest BCUT2D eigenvalue weighted by molar-refractivity contribution is 5.93. The van der Waals surface area contributed by atoms with Crippen LogP contribution in [0.3, 0.4) is 0 Å². The number of allylic oxidation sites excluding steroid dienone is 3. The number of aliphatic hydroxyl groups is 1. The summed E-state index contributed by atoms with van der Waals surface area (Å²) in [5.41, 5.74) is 1.89. The zero-order chi connectivity index (χ0) is 7.56. The van der Waals surface area contributed by atoms with Gasteiger partial charge in [0.1, 0.15) is 5.76 Å². The summed E-state index contributed by atoms with van der Waals surface area (Å²) < 4.78 is 0. The number of aliphatic hydroxyl groups excluding tert-OH is 1. The molecule has 1 rings (SSSR count). The normalized spacial score (nSPS) is 17.9. The number of rotatable bonds is 1. The van der Waals surface area contributed by atoms with Crippen molar-refractivity contribution in [1.29, 1.82) is 0 Å². The molecule has 0 saturated heterocycles. The van der Waals surface area contributed by atoms with E-state index in [-0.39, 0.29) is 23.7 Å². The molecule has 54 valence electrons. The van der Waals surface area contributed by atoms with Crippen LogP contribution in [0.15, 0.2) is 23.6 Å². The summed E-state index contributed by atoms with van der Waals surface area (Å²) in [4.78, 5) is 10.6. The first-order valence-electron chi connectivity index (χ1n) is 2.77. The van der Waals surface area contributed by atoms with Crippen molar-refractivity contribution in [3.05, 3.63) is 23.6 Å². The SMILES string of the molecule is O=C1C=CC(O)=C(NO)C1. The highest BCUT2D eigenvalue weighted by atomic mass is 16.5. The topological polar surface area (TPSA) is 69.6 Å². The van der Waals surface area contributed by atoms with Crippen molar-refractivity contribution >= 4 is 5.78 Å². The van der Waals surface area contributed by atoms with Crippen molar-refractivity contribution in [3.8, 4) is 0 Å². The molecule has 0 aliphatic heterocycles. The summed E-state index contributed by atoms with van der Waals surface area (Å²) in [6.07, 6.45) is 2.53. The van der Waals surface area contributed by atoms with Gasteiger partial charge in [-0.2, -0.15) is 0 Å². The van der Waals surface area contributed by atoms with Crippen molar-refractivity contribution in [3.63, 3.8) is 0 Å². The molecule has 0 aromatic heterocycles. The van der Waals surface area contributed by atoms with Crippen molar-refractivity contribution in [2.45, 2.75) is 6.42 Å². The zero-order valence-corrected chi connectivity index (χ0v) is 5.16. The van der Waals surface area contributed by atoms with E-state index in [2.05, 4.69) is 0 Å². The van der Waals surface area contributed by atoms with Gasteiger partial charge in [0.25, 0.3) is 0 Å². The monoisotopic (exact) mass is 141 g/mol. The summed E-state index contributed by atoms with van der Waals surface area (Å²) in [7, 11) is 0. The Balaban J connectivity index is 2.84. The van der Waals surface area contributed by atoms with Crippen LogP contribution in [0.25, 0.3) is 0 Å². The first kappa shape index (κ1) is 6.82. The fraction of sp³-hybridized carbons (Fsp3) is 0.167. The van der Waals surface area contributed by atoms with Gasteiger partial charge < -0.3 is 5.11 Å². The number of hydroxylamine groups is 1. The van der Waals surface area contributed by atoms with Crippen LogP contribution in [-0.4, -0.2) is 16.1 Å². The van der Waals surface area contributed by atoms with Gasteiger partial charge in [0.2, 0.25) is 0 Å². The Hall–Kier alpha value is -1.29. The summed E-state index contributed by atoms with van der Waals surface area (Å²) in [5.74, 6) is -0.239. The Morgan fingerprint density at radius 3 is 2.70 bits per heavy atom. The van der Waals surface area contributed by atoms with E-state index in [4.69, 9.17) is 10.3 Å². The Morgan fingerprint density at radius 2 is 2.20 bits per heavy atom. The fourth-order valence-electron chi connectivity index (χ4n) is 0.693. The summed E-state index contributed by atoms with van der Waals surface area (Å²) >= 11 is 0. The highest BCUT2D eigenvalue weighted by Crippen LogP contribution is 2.10. The number of hydrogen-bond acceptors (Lipinski definition) is 4. The van der Waals surface area contributed by atoms with E-state index in [1.165, 1.54) is 12.2 Å². The average Bonchev–Trinajstić information content (AvgIpc) is 1.94. The van der Waals surface area contributed by atoms with Gasteiger partial charge in [-0.1, -0.05) is 0 Å². The number of carbonyl (C=O) groups excluding carboxylic acids is 1. The Kier molecular flexibility index (Phi) is 1.73. The van der Waals surface area contributed by atoms with E-state index in [0.717, 1.165) is 0 Å². The van der Waals surface area contributed by atoms with Gasteiger partial charge >= 0.3 is 0 Å². The molecule has 4 nitrogen and oxygen atoms in total. The number of hydrogen-bond donors (Lipinski definition) is 3. The van der Waals surface area contributed by atoms with Crippen LogP contribution in [0.4, 0.5) is 0 Å². The van der Waals surface area contributed by atoms with Crippen molar-refractivity contribution < 1.29 is 15.1 Å². The molecule has 10 heavy (non-hydrogen) atoms. The molecule has 4 heteroatoms. The average molecular weight is 141 g/mol. The first-order chi connectivity index (χ1) is 4.74. The van der Waals surface area contributed by atoms with E-state index < -0.39 is 0 Å². The lowest BCUT2D eigenvalue weighted by atomic mass is 10.1. The summed E-state index contributed by atoms with van der Waals surface area (Å²) in [6.45, 7) is 0. The van der Waals surface area contributed by atoms with Crippen LogP contribution in [0, 0.1) is 0 Å². The second kappa shape index (κ2) is 2.53. The van der Waals surface area contributed by atoms with Crippen LogP contribution in [0.1, 0.15) is 6.42 Å². The van der Waals surface area contributed by atoms with Gasteiger partial charge in [0.15, 0.2) is 5.78 Å². The maximum absolute atomic E-state index is 10.6. The first-order valence-corrected chi connectivity index (χ1v) is 2.77. The Labute approximate surface area is 57.4 Å². The quantitative estimate of drug-likeness (QED) is 0.458. The fourth-order valence-corrected chi connectivity index (χ4v) is 0.693. The number of carbonyl (C=O) groups is 1. The summed E-state index contributed by atoms with van der Waals surface area (Å²) in [6, 6.07) is 0. The van der Waals surface area contributed by atoms with E-state index in [0.29, 0.717) is 0 Å². The lowest BCUT2D eigenvalue weighted by Gasteiger charge is -2.07. The Bertz CT molecular complexity index is 217. The number of nitrogens with one attached hydrogen (secondary N) is 1. The molecule has 0 bridgehead atoms. The molecular weight excluding hydrogens is 134 g/mol. The zero-order valence-electron chi connectivity index (χ0n) is 5.16. The molecule has 0 spiro atoms. The third-order valence-corrected chi connectivity index (χ3v) is 1.22. The maximum atomic E-state index is 10.6. The van der Waals surface area contributed by atoms with Gasteiger partial charge in [-0.05, 0) is 12.2 Å². The predicted molar refractivity (Wildman–Crippen MR) is 33.3 cm³/mol. The smallest absolute Gasteiger partial charge is 0.161 e. The molecule has 0 unspecified atom stereocenters. The van der Waals surface area contributed by atoms with Crippen molar-refractivity contribution in [2.75, 3.05) is 0 Å². The van der Waals surface area contributed by atoms with Crippen LogP contribution in [0.5, 0.6) is 0 Å². The van der Waals surface area contributed by atoms with E-state index >= 15 is 0 Å². The molecule has 0 aromatic rings. The highest BCUT2D eigenvalue weighted by Gasteiger charge is 2.11. The molecule has 1 aliphatic rings. The lowest BCUT2D eigenvalue weighted by Crippen LogP contribution is -2.15. The standard InChI is InChI=1S/C6H7NO3/c8-4-1-2-6(9)5(3-4)7-10/h1-2,7,9-10H,3H2. The van der Waals surface area contributed by atoms with Gasteiger partial charge in [-0.15, -0.1) is 0 Å².